The molecule has 316 valence electrons. The number of aryl methyl sites for hydroxylation is 6. The van der Waals surface area contributed by atoms with Crippen molar-refractivity contribution in [2.45, 2.75) is 67.0 Å². The van der Waals surface area contributed by atoms with Crippen molar-refractivity contribution in [3.05, 3.63) is 106 Å². The van der Waals surface area contributed by atoms with E-state index in [0.29, 0.717) is 75.2 Å². The van der Waals surface area contributed by atoms with Crippen LogP contribution in [0.3, 0.4) is 0 Å². The number of nitrogens with zero attached hydrogens (tertiary/aromatic N) is 12. The maximum absolute atomic E-state index is 13.9. The van der Waals surface area contributed by atoms with Gasteiger partial charge in [0.25, 0.3) is 11.8 Å². The summed E-state index contributed by atoms with van der Waals surface area (Å²) in [4.78, 5) is 42.2. The largest absolute Gasteiger partial charge is 0.379 e. The van der Waals surface area contributed by atoms with Crippen LogP contribution in [0.2, 0.25) is 0 Å². The fourth-order valence-electron chi connectivity index (χ4n) is 8.57. The molecule has 2 aliphatic heterocycles. The lowest BCUT2D eigenvalue weighted by Gasteiger charge is -2.27. The number of rotatable bonds is 12. The molecule has 60 heavy (non-hydrogen) atoms. The van der Waals surface area contributed by atoms with Crippen LogP contribution in [0.4, 0.5) is 0 Å². The Bertz CT molecular complexity index is 2710. The number of para-hydroxylation sites is 2. The average molecular weight is 817 g/mol. The number of carbonyl (C=O) groups is 2. The van der Waals surface area contributed by atoms with Gasteiger partial charge in [-0.15, -0.1) is 0 Å². The van der Waals surface area contributed by atoms with Crippen molar-refractivity contribution in [1.82, 2.24) is 47.6 Å². The van der Waals surface area contributed by atoms with Crippen LogP contribution in [0.15, 0.2) is 70.7 Å². The van der Waals surface area contributed by atoms with Crippen molar-refractivity contribution >= 4 is 33.9 Å². The molecule has 0 radical (unpaired) electrons. The fourth-order valence-corrected chi connectivity index (χ4v) is 8.57. The Morgan fingerprint density at radius 1 is 0.650 bits per heavy atom. The zero-order chi connectivity index (χ0) is 41.9. The topological polar surface area (TPSA) is 139 Å². The summed E-state index contributed by atoms with van der Waals surface area (Å²) in [5.41, 5.74) is 9.88. The van der Waals surface area contributed by atoms with Gasteiger partial charge in [-0.25, -0.2) is 0 Å². The Morgan fingerprint density at radius 2 is 1.12 bits per heavy atom. The smallest absolute Gasteiger partial charge is 0.298 e. The van der Waals surface area contributed by atoms with Crippen LogP contribution >= 0.6 is 0 Å². The van der Waals surface area contributed by atoms with E-state index >= 15 is 0 Å². The Morgan fingerprint density at radius 3 is 1.63 bits per heavy atom. The molecule has 0 spiro atoms. The van der Waals surface area contributed by atoms with E-state index in [1.54, 1.807) is 21.5 Å². The van der Waals surface area contributed by atoms with E-state index in [1.165, 1.54) is 0 Å². The summed E-state index contributed by atoms with van der Waals surface area (Å²) in [5, 5.41) is 9.02. The van der Waals surface area contributed by atoms with Gasteiger partial charge >= 0.3 is 0 Å². The molecule has 2 fully saturated rings. The summed E-state index contributed by atoms with van der Waals surface area (Å²) in [5.74, 6) is -0.684. The number of imidazole rings is 2. The highest BCUT2D eigenvalue weighted by atomic mass is 16.5. The second-order valence-electron chi connectivity index (χ2n) is 15.6. The molecule has 6 aromatic rings. The van der Waals surface area contributed by atoms with Gasteiger partial charge in [-0.05, 0) is 63.1 Å². The number of hydrogen-bond donors (Lipinski definition) is 0. The van der Waals surface area contributed by atoms with Gasteiger partial charge in [0.1, 0.15) is 11.4 Å². The minimum Gasteiger partial charge on any atom is -0.379 e. The van der Waals surface area contributed by atoms with E-state index in [9.17, 15) is 9.59 Å². The van der Waals surface area contributed by atoms with Gasteiger partial charge in [-0.3, -0.25) is 28.8 Å². The molecule has 0 atom stereocenters. The third-order valence-corrected chi connectivity index (χ3v) is 11.5. The van der Waals surface area contributed by atoms with Gasteiger partial charge in [-0.2, -0.15) is 20.2 Å². The van der Waals surface area contributed by atoms with E-state index in [-0.39, 0.29) is 11.8 Å². The van der Waals surface area contributed by atoms with Crippen LogP contribution in [0.1, 0.15) is 57.3 Å². The normalized spacial score (nSPS) is 16.4. The Kier molecular flexibility index (Phi) is 12.2. The van der Waals surface area contributed by atoms with E-state index in [4.69, 9.17) is 19.5 Å². The van der Waals surface area contributed by atoms with Crippen molar-refractivity contribution in [2.75, 3.05) is 52.6 Å². The maximum Gasteiger partial charge on any atom is 0.298 e. The van der Waals surface area contributed by atoms with Gasteiger partial charge < -0.3 is 27.7 Å². The molecular weight excluding hydrogens is 761 g/mol. The van der Waals surface area contributed by atoms with Crippen molar-refractivity contribution in [3.63, 3.8) is 0 Å². The number of carbonyl (C=O) groups excluding carboxylic acids is 2. The molecule has 0 saturated carbocycles. The van der Waals surface area contributed by atoms with E-state index in [0.717, 1.165) is 83.9 Å². The molecule has 2 saturated heterocycles. The number of benzene rings is 2. The molecule has 0 N–H and O–H groups in total. The van der Waals surface area contributed by atoms with Crippen molar-refractivity contribution in [2.24, 2.45) is 24.1 Å². The zero-order valence-electron chi connectivity index (χ0n) is 35.7. The summed E-state index contributed by atoms with van der Waals surface area (Å²) in [7, 11) is 3.95. The first kappa shape index (κ1) is 41.1. The first-order valence-corrected chi connectivity index (χ1v) is 21.0. The molecule has 16 nitrogen and oxygen atoms in total. The van der Waals surface area contributed by atoms with Crippen LogP contribution in [0, 0.1) is 13.8 Å². The second-order valence-corrected chi connectivity index (χ2v) is 15.6. The summed E-state index contributed by atoms with van der Waals surface area (Å²) in [6, 6.07) is 16.2. The standard InChI is InChI=1S/C44H56N12O4/c1-7-55-37(27-31(3)47-55)41(57)45-43-49(5)35-15-11-14-34(30-52-21-25-60-26-22-52)40(35)54(43)18-10-9-17-53-36-16-12-13-33(29-51-19-23-59-24-20-51)39(36)50(6)44(53)46-42(58)38-28-32(4)48-56(38)8-2/h9-16,27-28H,7-8,17-26,29-30H2,1-6H3/b10-9+,45-43?,46-44?. The predicted molar refractivity (Wildman–Crippen MR) is 228 cm³/mol. The van der Waals surface area contributed by atoms with Crippen molar-refractivity contribution in [1.29, 1.82) is 0 Å². The van der Waals surface area contributed by atoms with Crippen LogP contribution in [-0.2, 0) is 62.8 Å². The van der Waals surface area contributed by atoms with Crippen LogP contribution in [0.25, 0.3) is 22.1 Å². The van der Waals surface area contributed by atoms with Gasteiger partial charge in [-0.1, -0.05) is 36.4 Å². The highest BCUT2D eigenvalue weighted by Gasteiger charge is 2.21. The number of allylic oxidation sites excluding steroid dienone is 2. The summed E-state index contributed by atoms with van der Waals surface area (Å²) in [6.07, 6.45) is 4.22. The predicted octanol–water partition coefficient (Wildman–Crippen LogP) is 3.73. The monoisotopic (exact) mass is 816 g/mol. The van der Waals surface area contributed by atoms with Gasteiger partial charge in [0, 0.05) is 79.5 Å². The average Bonchev–Trinajstić information content (AvgIpc) is 3.98. The number of morpholine rings is 2. The number of amides is 2. The van der Waals surface area contributed by atoms with Gasteiger partial charge in [0.05, 0.1) is 59.9 Å². The van der Waals surface area contributed by atoms with Gasteiger partial charge in [0.2, 0.25) is 11.2 Å². The molecule has 8 rings (SSSR count). The molecule has 2 aromatic carbocycles. The van der Waals surface area contributed by atoms with Crippen LogP contribution < -0.4 is 11.2 Å². The first-order chi connectivity index (χ1) is 29.1. The van der Waals surface area contributed by atoms with E-state index in [2.05, 4.69) is 77.7 Å². The SMILES string of the molecule is CCn1nc(C)cc1C(=O)N=c1n(C)c2c(CN3CCOCC3)cccc2n1C/C=C/Cn1c(=NC(=O)c2cc(C)nn2CC)n(C)c2cccc(CN3CCOCC3)c21. The lowest BCUT2D eigenvalue weighted by atomic mass is 10.1. The molecule has 0 unspecified atom stereocenters. The summed E-state index contributed by atoms with van der Waals surface area (Å²) < 4.78 is 23.0. The molecule has 6 heterocycles. The first-order valence-electron chi connectivity index (χ1n) is 21.0. The number of aromatic nitrogens is 8. The number of hydrogen-bond acceptors (Lipinski definition) is 8. The zero-order valence-corrected chi connectivity index (χ0v) is 35.7. The van der Waals surface area contributed by atoms with E-state index < -0.39 is 0 Å². The van der Waals surface area contributed by atoms with Crippen molar-refractivity contribution in [3.8, 4) is 0 Å². The third kappa shape index (κ3) is 8.24. The second kappa shape index (κ2) is 17.9. The van der Waals surface area contributed by atoms with E-state index in [1.807, 2.05) is 50.9 Å². The third-order valence-electron chi connectivity index (χ3n) is 11.5. The lowest BCUT2D eigenvalue weighted by molar-refractivity contribution is 0.0342. The molecular formula is C44H56N12O4. The van der Waals surface area contributed by atoms with Crippen molar-refractivity contribution < 1.29 is 19.1 Å². The minimum atomic E-state index is -0.342. The molecule has 2 aliphatic rings. The Labute approximate surface area is 349 Å². The molecule has 0 aliphatic carbocycles. The summed E-state index contributed by atoms with van der Waals surface area (Å²) >= 11 is 0. The molecule has 2 amide bonds. The van der Waals surface area contributed by atoms with Crippen LogP contribution in [-0.4, -0.2) is 112 Å². The molecule has 4 aromatic heterocycles. The quantitative estimate of drug-likeness (QED) is 0.171. The highest BCUT2D eigenvalue weighted by molar-refractivity contribution is 5.94. The summed E-state index contributed by atoms with van der Waals surface area (Å²) in [6.45, 7) is 17.5. The lowest BCUT2D eigenvalue weighted by Crippen LogP contribution is -2.35. The fraction of sp³-hybridized carbons (Fsp3) is 0.455. The maximum atomic E-state index is 13.9. The Balaban J connectivity index is 1.21. The number of ether oxygens (including phenoxy) is 2. The minimum absolute atomic E-state index is 0.342. The molecule has 16 heteroatoms. The number of fused-ring (bicyclic) bond motifs is 2. The highest BCUT2D eigenvalue weighted by Crippen LogP contribution is 2.23. The molecule has 0 bridgehead atoms. The van der Waals surface area contributed by atoms with Gasteiger partial charge in [0.15, 0.2) is 0 Å². The Hall–Kier alpha value is -5.68. The van der Waals surface area contributed by atoms with Crippen LogP contribution in [0.5, 0.6) is 0 Å².